The molecule has 0 aliphatic carbocycles. The fourth-order valence-electron chi connectivity index (χ4n) is 1.68. The Balaban J connectivity index is 0.000000220. The minimum atomic E-state index is -0.355. The molecule has 1 aromatic heterocycles. The van der Waals surface area contributed by atoms with Crippen LogP contribution in [0.1, 0.15) is 33.7 Å². The number of hydrogen-bond acceptors (Lipinski definition) is 6. The molecule has 0 saturated carbocycles. The van der Waals surface area contributed by atoms with E-state index in [2.05, 4.69) is 21.7 Å². The highest BCUT2D eigenvalue weighted by molar-refractivity contribution is 6.29. The Hall–Kier alpha value is -2.64. The maximum atomic E-state index is 11.0. The topological polar surface area (TPSA) is 109 Å². The summed E-state index contributed by atoms with van der Waals surface area (Å²) >= 11 is 0. The van der Waals surface area contributed by atoms with Crippen LogP contribution in [0.3, 0.4) is 0 Å². The number of hydrazone groups is 1. The molecule has 8 heteroatoms. The molecular formula is C14H22N6O2. The summed E-state index contributed by atoms with van der Waals surface area (Å²) in [4.78, 5) is 27.7. The number of amidine groups is 1. The molecule has 0 saturated heterocycles. The lowest BCUT2D eigenvalue weighted by atomic mass is 10.4. The number of hydrogen-bond donors (Lipinski definition) is 2. The molecule has 0 fully saturated rings. The third-order valence-corrected chi connectivity index (χ3v) is 2.73. The van der Waals surface area contributed by atoms with Gasteiger partial charge in [0.1, 0.15) is 11.7 Å². The first-order valence-corrected chi connectivity index (χ1v) is 6.90. The Bertz CT molecular complexity index is 696. The van der Waals surface area contributed by atoms with Crippen LogP contribution in [0.5, 0.6) is 0 Å². The largest absolute Gasteiger partial charge is 0.382 e. The van der Waals surface area contributed by atoms with Gasteiger partial charge in [-0.05, 0) is 27.7 Å². The summed E-state index contributed by atoms with van der Waals surface area (Å²) in [5.74, 6) is 1.01. The smallest absolute Gasteiger partial charge is 0.328 e. The van der Waals surface area contributed by atoms with Crippen molar-refractivity contribution >= 4 is 12.1 Å². The predicted octanol–water partition coefficient (Wildman–Crippen LogP) is 0.642. The van der Waals surface area contributed by atoms with Crippen LogP contribution in [0.25, 0.3) is 0 Å². The van der Waals surface area contributed by atoms with E-state index < -0.39 is 0 Å². The lowest BCUT2D eigenvalue weighted by molar-refractivity contribution is 0.296. The summed E-state index contributed by atoms with van der Waals surface area (Å²) < 4.78 is 1.46. The van der Waals surface area contributed by atoms with Gasteiger partial charge >= 0.3 is 5.69 Å². The molecule has 120 valence electrons. The quantitative estimate of drug-likeness (QED) is 0.835. The highest BCUT2D eigenvalue weighted by Gasteiger charge is 2.12. The SMILES string of the molecule is C=C1N=C(N)C=NN1C(C)C.CC(C)n1ccc(=O)[nH]c1=O. The van der Waals surface area contributed by atoms with Crippen LogP contribution in [0, 0.1) is 0 Å². The van der Waals surface area contributed by atoms with Gasteiger partial charge in [-0.2, -0.15) is 5.10 Å². The molecule has 2 rings (SSSR count). The molecule has 0 spiro atoms. The highest BCUT2D eigenvalue weighted by Crippen LogP contribution is 2.11. The van der Waals surface area contributed by atoms with E-state index >= 15 is 0 Å². The molecule has 0 aromatic carbocycles. The maximum Gasteiger partial charge on any atom is 0.328 e. The van der Waals surface area contributed by atoms with Crippen molar-refractivity contribution in [2.75, 3.05) is 0 Å². The second-order valence-corrected chi connectivity index (χ2v) is 5.25. The lowest BCUT2D eigenvalue weighted by Crippen LogP contribution is -2.30. The van der Waals surface area contributed by atoms with Gasteiger partial charge in [-0.3, -0.25) is 14.3 Å². The Morgan fingerprint density at radius 2 is 1.86 bits per heavy atom. The zero-order valence-corrected chi connectivity index (χ0v) is 13.3. The third kappa shape index (κ3) is 4.72. The number of aliphatic imine (C=N–C) groups is 1. The Kier molecular flexibility index (Phi) is 5.85. The Morgan fingerprint density at radius 1 is 1.23 bits per heavy atom. The molecule has 0 unspecified atom stereocenters. The van der Waals surface area contributed by atoms with E-state index in [1.807, 2.05) is 27.7 Å². The number of aromatic nitrogens is 2. The van der Waals surface area contributed by atoms with Crippen molar-refractivity contribution in [3.8, 4) is 0 Å². The number of nitrogens with two attached hydrogens (primary N) is 1. The molecule has 1 aliphatic rings. The van der Waals surface area contributed by atoms with Gasteiger partial charge in [-0.1, -0.05) is 6.58 Å². The molecule has 22 heavy (non-hydrogen) atoms. The molecule has 0 atom stereocenters. The van der Waals surface area contributed by atoms with E-state index in [-0.39, 0.29) is 23.3 Å². The third-order valence-electron chi connectivity index (χ3n) is 2.73. The van der Waals surface area contributed by atoms with Crippen LogP contribution in [0.2, 0.25) is 0 Å². The normalized spacial score (nSPS) is 14.0. The van der Waals surface area contributed by atoms with E-state index in [1.165, 1.54) is 23.0 Å². The van der Waals surface area contributed by atoms with Crippen molar-refractivity contribution < 1.29 is 0 Å². The average Bonchev–Trinajstić information content (AvgIpc) is 2.38. The van der Waals surface area contributed by atoms with Gasteiger partial charge in [0.05, 0.1) is 6.21 Å². The molecule has 3 N–H and O–H groups in total. The first-order valence-electron chi connectivity index (χ1n) is 6.90. The maximum absolute atomic E-state index is 11.0. The number of nitrogens with one attached hydrogen (secondary N) is 1. The molecular weight excluding hydrogens is 284 g/mol. The van der Waals surface area contributed by atoms with E-state index in [9.17, 15) is 9.59 Å². The fourth-order valence-corrected chi connectivity index (χ4v) is 1.68. The summed E-state index contributed by atoms with van der Waals surface area (Å²) in [6, 6.07) is 1.69. The minimum absolute atomic E-state index is 0.0827. The van der Waals surface area contributed by atoms with Gasteiger partial charge in [0.15, 0.2) is 0 Å². The van der Waals surface area contributed by atoms with E-state index in [0.29, 0.717) is 11.7 Å². The van der Waals surface area contributed by atoms with Crippen LogP contribution in [-0.2, 0) is 0 Å². The van der Waals surface area contributed by atoms with Crippen LogP contribution < -0.4 is 17.0 Å². The molecule has 8 nitrogen and oxygen atoms in total. The van der Waals surface area contributed by atoms with Crippen molar-refractivity contribution in [1.82, 2.24) is 14.6 Å². The second kappa shape index (κ2) is 7.39. The molecule has 0 amide bonds. The highest BCUT2D eigenvalue weighted by atomic mass is 16.2. The number of aromatic amines is 1. The number of nitrogens with zero attached hydrogens (tertiary/aromatic N) is 4. The first kappa shape index (κ1) is 17.4. The molecule has 0 bridgehead atoms. The van der Waals surface area contributed by atoms with Crippen LogP contribution in [-0.4, -0.2) is 32.7 Å². The van der Waals surface area contributed by atoms with Crippen molar-refractivity contribution in [3.05, 3.63) is 45.5 Å². The van der Waals surface area contributed by atoms with E-state index in [4.69, 9.17) is 5.73 Å². The fraction of sp³-hybridized carbons (Fsp3) is 0.429. The van der Waals surface area contributed by atoms with Crippen molar-refractivity contribution in [3.63, 3.8) is 0 Å². The summed E-state index contributed by atoms with van der Waals surface area (Å²) in [7, 11) is 0. The van der Waals surface area contributed by atoms with Gasteiger partial charge in [-0.15, -0.1) is 0 Å². The van der Waals surface area contributed by atoms with Gasteiger partial charge in [0, 0.05) is 24.3 Å². The molecule has 2 heterocycles. The minimum Gasteiger partial charge on any atom is -0.382 e. The standard InChI is InChI=1S/C7H12N4.C7H10N2O2/c1-5(2)11-6(3)10-7(8)4-9-11;1-5(2)9-4-3-6(10)8-7(9)11/h4-5H,3H2,1-2H3,(H2,8,10);3-5H,1-2H3,(H,8,10,11). The van der Waals surface area contributed by atoms with Crippen molar-refractivity contribution in [1.29, 1.82) is 0 Å². The van der Waals surface area contributed by atoms with Crippen molar-refractivity contribution in [2.24, 2.45) is 15.8 Å². The molecule has 0 radical (unpaired) electrons. The van der Waals surface area contributed by atoms with E-state index in [1.54, 1.807) is 5.01 Å². The van der Waals surface area contributed by atoms with Gasteiger partial charge in [0.25, 0.3) is 5.56 Å². The number of rotatable bonds is 2. The summed E-state index contributed by atoms with van der Waals surface area (Å²) in [5, 5.41) is 5.76. The van der Waals surface area contributed by atoms with E-state index in [0.717, 1.165) is 0 Å². The number of H-pyrrole nitrogens is 1. The van der Waals surface area contributed by atoms with Crippen LogP contribution in [0.4, 0.5) is 0 Å². The monoisotopic (exact) mass is 306 g/mol. The average molecular weight is 306 g/mol. The molecule has 1 aromatic rings. The Labute approximate surface area is 128 Å². The summed E-state index contributed by atoms with van der Waals surface area (Å²) in [5.41, 5.74) is 4.69. The Morgan fingerprint density at radius 3 is 2.32 bits per heavy atom. The lowest BCUT2D eigenvalue weighted by Gasteiger charge is -2.24. The van der Waals surface area contributed by atoms with Gasteiger partial charge in [0.2, 0.25) is 0 Å². The van der Waals surface area contributed by atoms with Crippen molar-refractivity contribution in [2.45, 2.75) is 39.8 Å². The van der Waals surface area contributed by atoms with Gasteiger partial charge in [-0.25, -0.2) is 14.8 Å². The van der Waals surface area contributed by atoms with Gasteiger partial charge < -0.3 is 5.73 Å². The second-order valence-electron chi connectivity index (χ2n) is 5.25. The zero-order chi connectivity index (χ0) is 16.9. The van der Waals surface area contributed by atoms with Crippen LogP contribution in [0.15, 0.2) is 44.3 Å². The summed E-state index contributed by atoms with van der Waals surface area (Å²) in [6.45, 7) is 11.5. The van der Waals surface area contributed by atoms with Crippen LogP contribution >= 0.6 is 0 Å². The zero-order valence-electron chi connectivity index (χ0n) is 13.3. The first-order chi connectivity index (χ1) is 10.2. The predicted molar refractivity (Wildman–Crippen MR) is 87.9 cm³/mol. The summed E-state index contributed by atoms with van der Waals surface area (Å²) in [6.07, 6.45) is 3.01. The molecule has 1 aliphatic heterocycles.